The number of amides is 2. The van der Waals surface area contributed by atoms with E-state index in [2.05, 4.69) is 10.3 Å². The van der Waals surface area contributed by atoms with Crippen molar-refractivity contribution < 1.29 is 18.7 Å². The summed E-state index contributed by atoms with van der Waals surface area (Å²) >= 11 is 0. The number of nitrogens with one attached hydrogen (secondary N) is 1. The maximum Gasteiger partial charge on any atom is 0.410 e. The van der Waals surface area contributed by atoms with Gasteiger partial charge in [-0.1, -0.05) is 36.4 Å². The molecule has 1 aromatic carbocycles. The predicted octanol–water partition coefficient (Wildman–Crippen LogP) is 2.56. The Morgan fingerprint density at radius 3 is 2.69 bits per heavy atom. The Hall–Kier alpha value is -2.96. The highest BCUT2D eigenvalue weighted by Gasteiger charge is 2.33. The smallest absolute Gasteiger partial charge is 0.410 e. The third-order valence-corrected chi connectivity index (χ3v) is 4.21. The van der Waals surface area contributed by atoms with E-state index in [-0.39, 0.29) is 31.8 Å². The van der Waals surface area contributed by atoms with Gasteiger partial charge in [-0.25, -0.2) is 9.18 Å². The van der Waals surface area contributed by atoms with Crippen LogP contribution in [0, 0.1) is 0 Å². The molecule has 136 valence electrons. The molecule has 0 unspecified atom stereocenters. The second kappa shape index (κ2) is 8.42. The molecule has 0 spiro atoms. The van der Waals surface area contributed by atoms with Crippen LogP contribution in [0.2, 0.25) is 0 Å². The molecular weight excluding hydrogens is 337 g/mol. The van der Waals surface area contributed by atoms with Gasteiger partial charge < -0.3 is 15.0 Å². The molecule has 2 atom stereocenters. The zero-order chi connectivity index (χ0) is 18.4. The average Bonchev–Trinajstić information content (AvgIpc) is 2.69. The minimum Gasteiger partial charge on any atom is -0.445 e. The Kier molecular flexibility index (Phi) is 5.78. The van der Waals surface area contributed by atoms with E-state index in [1.165, 1.54) is 11.1 Å². The van der Waals surface area contributed by atoms with Gasteiger partial charge in [0.05, 0.1) is 6.04 Å². The van der Waals surface area contributed by atoms with Crippen molar-refractivity contribution in [1.29, 1.82) is 0 Å². The van der Waals surface area contributed by atoms with Crippen molar-refractivity contribution in [3.05, 3.63) is 66.0 Å². The molecule has 1 N–H and O–H groups in total. The summed E-state index contributed by atoms with van der Waals surface area (Å²) in [6.45, 7) is 0.471. The number of alkyl halides is 1. The van der Waals surface area contributed by atoms with Crippen molar-refractivity contribution in [2.45, 2.75) is 25.2 Å². The fourth-order valence-electron chi connectivity index (χ4n) is 2.78. The van der Waals surface area contributed by atoms with Crippen LogP contribution in [0.4, 0.5) is 9.18 Å². The van der Waals surface area contributed by atoms with E-state index in [1.807, 2.05) is 30.3 Å². The maximum atomic E-state index is 14.2. The van der Waals surface area contributed by atoms with Crippen molar-refractivity contribution in [3.8, 4) is 0 Å². The van der Waals surface area contributed by atoms with E-state index in [1.54, 1.807) is 18.2 Å². The molecule has 1 fully saturated rings. The normalized spacial score (nSPS) is 19.7. The molecule has 2 aromatic rings. The van der Waals surface area contributed by atoms with E-state index in [4.69, 9.17) is 4.74 Å². The number of carbonyl (C=O) groups is 2. The van der Waals surface area contributed by atoms with E-state index < -0.39 is 24.2 Å². The zero-order valence-corrected chi connectivity index (χ0v) is 14.2. The fourth-order valence-corrected chi connectivity index (χ4v) is 2.78. The van der Waals surface area contributed by atoms with Gasteiger partial charge in [-0.3, -0.25) is 9.78 Å². The summed E-state index contributed by atoms with van der Waals surface area (Å²) in [6.07, 6.45) is -0.0949. The van der Waals surface area contributed by atoms with Crippen molar-refractivity contribution in [2.24, 2.45) is 0 Å². The third kappa shape index (κ3) is 4.56. The molecule has 0 bridgehead atoms. The molecule has 1 aliphatic rings. The SMILES string of the molecule is O=C(N[C@@H]1CN(C(=O)OCc2ccccc2)CC[C@H]1F)c1ccccn1. The van der Waals surface area contributed by atoms with Gasteiger partial charge in [-0.05, 0) is 24.1 Å². The van der Waals surface area contributed by atoms with Crippen LogP contribution < -0.4 is 5.32 Å². The fraction of sp³-hybridized carbons (Fsp3) is 0.316. The number of hydrogen-bond donors (Lipinski definition) is 1. The van der Waals surface area contributed by atoms with Crippen LogP contribution >= 0.6 is 0 Å². The number of halogens is 1. The first-order valence-corrected chi connectivity index (χ1v) is 8.45. The van der Waals surface area contributed by atoms with Gasteiger partial charge in [0, 0.05) is 19.3 Å². The maximum absolute atomic E-state index is 14.2. The Morgan fingerprint density at radius 1 is 1.19 bits per heavy atom. The summed E-state index contributed by atoms with van der Waals surface area (Å²) in [7, 11) is 0. The molecular formula is C19H20FN3O3. The van der Waals surface area contributed by atoms with Crippen molar-refractivity contribution >= 4 is 12.0 Å². The van der Waals surface area contributed by atoms with Crippen LogP contribution in [0.5, 0.6) is 0 Å². The summed E-state index contributed by atoms with van der Waals surface area (Å²) in [4.78, 5) is 29.8. The Morgan fingerprint density at radius 2 is 1.96 bits per heavy atom. The minimum absolute atomic E-state index is 0.0629. The van der Waals surface area contributed by atoms with Gasteiger partial charge in [0.1, 0.15) is 18.5 Å². The molecule has 1 saturated heterocycles. The Bertz CT molecular complexity index is 742. The molecule has 2 amide bonds. The van der Waals surface area contributed by atoms with Crippen LogP contribution in [-0.4, -0.2) is 47.2 Å². The topological polar surface area (TPSA) is 71.5 Å². The minimum atomic E-state index is -1.22. The summed E-state index contributed by atoms with van der Waals surface area (Å²) < 4.78 is 19.5. The largest absolute Gasteiger partial charge is 0.445 e. The van der Waals surface area contributed by atoms with Crippen molar-refractivity contribution in [2.75, 3.05) is 13.1 Å². The van der Waals surface area contributed by atoms with E-state index in [0.29, 0.717) is 0 Å². The molecule has 2 heterocycles. The lowest BCUT2D eigenvalue weighted by Gasteiger charge is -2.34. The molecule has 0 radical (unpaired) electrons. The van der Waals surface area contributed by atoms with Gasteiger partial charge >= 0.3 is 6.09 Å². The molecule has 1 aliphatic heterocycles. The van der Waals surface area contributed by atoms with E-state index >= 15 is 0 Å². The lowest BCUT2D eigenvalue weighted by atomic mass is 10.0. The summed E-state index contributed by atoms with van der Waals surface area (Å²) in [5.41, 5.74) is 1.09. The number of benzene rings is 1. The van der Waals surface area contributed by atoms with Crippen LogP contribution in [0.25, 0.3) is 0 Å². The molecule has 0 aliphatic carbocycles. The third-order valence-electron chi connectivity index (χ3n) is 4.21. The molecule has 1 aromatic heterocycles. The second-order valence-electron chi connectivity index (χ2n) is 6.09. The molecule has 7 heteroatoms. The van der Waals surface area contributed by atoms with Crippen LogP contribution in [0.1, 0.15) is 22.5 Å². The van der Waals surface area contributed by atoms with Crippen LogP contribution in [0.3, 0.4) is 0 Å². The summed E-state index contributed by atoms with van der Waals surface area (Å²) in [5, 5.41) is 2.62. The number of ether oxygens (including phenoxy) is 1. The number of hydrogen-bond acceptors (Lipinski definition) is 4. The first-order chi connectivity index (χ1) is 12.6. The predicted molar refractivity (Wildman–Crippen MR) is 93.2 cm³/mol. The monoisotopic (exact) mass is 357 g/mol. The lowest BCUT2D eigenvalue weighted by molar-refractivity contribution is 0.0590. The number of rotatable bonds is 4. The number of carbonyl (C=O) groups excluding carboxylic acids is 2. The first-order valence-electron chi connectivity index (χ1n) is 8.45. The number of nitrogens with zero attached hydrogens (tertiary/aromatic N) is 2. The van der Waals surface area contributed by atoms with Gasteiger partial charge in [0.15, 0.2) is 0 Å². The van der Waals surface area contributed by atoms with Gasteiger partial charge in [-0.2, -0.15) is 0 Å². The lowest BCUT2D eigenvalue weighted by Crippen LogP contribution is -2.55. The summed E-state index contributed by atoms with van der Waals surface area (Å²) in [6, 6.07) is 13.5. The first kappa shape index (κ1) is 17.8. The Balaban J connectivity index is 1.55. The van der Waals surface area contributed by atoms with E-state index in [9.17, 15) is 14.0 Å². The molecule has 3 rings (SSSR count). The number of aromatic nitrogens is 1. The van der Waals surface area contributed by atoms with Crippen LogP contribution in [-0.2, 0) is 11.3 Å². The van der Waals surface area contributed by atoms with Crippen molar-refractivity contribution in [3.63, 3.8) is 0 Å². The highest BCUT2D eigenvalue weighted by atomic mass is 19.1. The summed E-state index contributed by atoms with van der Waals surface area (Å²) in [5.74, 6) is -0.460. The van der Waals surface area contributed by atoms with E-state index in [0.717, 1.165) is 5.56 Å². The molecule has 26 heavy (non-hydrogen) atoms. The standard InChI is InChI=1S/C19H20FN3O3/c20-15-9-11-23(19(25)26-13-14-6-2-1-3-7-14)12-17(15)22-18(24)16-8-4-5-10-21-16/h1-8,10,15,17H,9,11-13H2,(H,22,24)/t15-,17-/m1/s1. The highest BCUT2D eigenvalue weighted by Crippen LogP contribution is 2.16. The van der Waals surface area contributed by atoms with Crippen molar-refractivity contribution in [1.82, 2.24) is 15.2 Å². The molecule has 6 nitrogen and oxygen atoms in total. The van der Waals surface area contributed by atoms with Crippen LogP contribution in [0.15, 0.2) is 54.7 Å². The quantitative estimate of drug-likeness (QED) is 0.913. The zero-order valence-electron chi connectivity index (χ0n) is 14.2. The van der Waals surface area contributed by atoms with Gasteiger partial charge in [0.25, 0.3) is 5.91 Å². The Labute approximate surface area is 151 Å². The number of piperidine rings is 1. The van der Waals surface area contributed by atoms with Gasteiger partial charge in [0.2, 0.25) is 0 Å². The highest BCUT2D eigenvalue weighted by molar-refractivity contribution is 5.92. The molecule has 0 saturated carbocycles. The number of likely N-dealkylation sites (tertiary alicyclic amines) is 1. The average molecular weight is 357 g/mol. The van der Waals surface area contributed by atoms with Gasteiger partial charge in [-0.15, -0.1) is 0 Å². The number of pyridine rings is 1. The second-order valence-corrected chi connectivity index (χ2v) is 6.09.